The van der Waals surface area contributed by atoms with Crippen LogP contribution in [0.4, 0.5) is 10.1 Å². The van der Waals surface area contributed by atoms with Crippen LogP contribution in [-0.2, 0) is 4.74 Å². The van der Waals surface area contributed by atoms with E-state index in [2.05, 4.69) is 4.90 Å². The van der Waals surface area contributed by atoms with E-state index in [-0.39, 0.29) is 11.4 Å². The third-order valence-electron chi connectivity index (χ3n) is 3.52. The van der Waals surface area contributed by atoms with Gasteiger partial charge in [0, 0.05) is 24.3 Å². The summed E-state index contributed by atoms with van der Waals surface area (Å²) in [6.07, 6.45) is -0.684. The van der Waals surface area contributed by atoms with Crippen LogP contribution in [0.2, 0.25) is 0 Å². The van der Waals surface area contributed by atoms with Gasteiger partial charge in [-0.2, -0.15) is 0 Å². The highest BCUT2D eigenvalue weighted by Crippen LogP contribution is 2.32. The van der Waals surface area contributed by atoms with Crippen molar-refractivity contribution >= 4 is 5.69 Å². The van der Waals surface area contributed by atoms with E-state index >= 15 is 0 Å². The van der Waals surface area contributed by atoms with E-state index in [9.17, 15) is 9.50 Å². The normalized spacial score (nSPS) is 20.4. The lowest BCUT2D eigenvalue weighted by molar-refractivity contribution is -0.0278. The maximum absolute atomic E-state index is 13.7. The summed E-state index contributed by atoms with van der Waals surface area (Å²) < 4.78 is 19.4. The number of hydrogen-bond donors (Lipinski definition) is 1. The zero-order valence-corrected chi connectivity index (χ0v) is 12.0. The Morgan fingerprint density at radius 2 is 2.11 bits per heavy atom. The van der Waals surface area contributed by atoms with E-state index in [0.29, 0.717) is 17.7 Å². The van der Waals surface area contributed by atoms with E-state index in [1.54, 1.807) is 13.8 Å². The van der Waals surface area contributed by atoms with Crippen LogP contribution in [0.15, 0.2) is 12.1 Å². The van der Waals surface area contributed by atoms with E-state index in [4.69, 9.17) is 4.74 Å². The van der Waals surface area contributed by atoms with Crippen molar-refractivity contribution < 1.29 is 14.2 Å². The summed E-state index contributed by atoms with van der Waals surface area (Å²) in [7, 11) is 0. The van der Waals surface area contributed by atoms with Gasteiger partial charge in [-0.05, 0) is 45.4 Å². The van der Waals surface area contributed by atoms with Crippen LogP contribution < -0.4 is 4.90 Å². The maximum Gasteiger partial charge on any atom is 0.126 e. The highest BCUT2D eigenvalue weighted by molar-refractivity contribution is 5.57. The molecular formula is C15H22FNO2. The molecule has 1 heterocycles. The van der Waals surface area contributed by atoms with Gasteiger partial charge in [-0.1, -0.05) is 0 Å². The number of halogens is 1. The molecule has 0 unspecified atom stereocenters. The number of morpholine rings is 1. The first kappa shape index (κ1) is 14.3. The van der Waals surface area contributed by atoms with Crippen LogP contribution in [-0.4, -0.2) is 30.4 Å². The minimum absolute atomic E-state index is 0.226. The lowest BCUT2D eigenvalue weighted by atomic mass is 10.0. The zero-order chi connectivity index (χ0) is 14.2. The van der Waals surface area contributed by atoms with Gasteiger partial charge in [-0.15, -0.1) is 0 Å². The molecule has 1 aromatic carbocycles. The van der Waals surface area contributed by atoms with Crippen molar-refractivity contribution in [1.82, 2.24) is 0 Å². The number of aryl methyl sites for hydroxylation is 1. The summed E-state index contributed by atoms with van der Waals surface area (Å²) >= 11 is 0. The standard InChI is InChI=1S/C15H22FNO2/c1-10-7-14(12(11(2)18)8-13(10)16)17-5-6-19-15(3,4)9-17/h7-8,11,18H,5-6,9H2,1-4H3/t11-/m0/s1. The van der Waals surface area contributed by atoms with Crippen LogP contribution in [0, 0.1) is 12.7 Å². The van der Waals surface area contributed by atoms with Crippen molar-refractivity contribution in [1.29, 1.82) is 0 Å². The van der Waals surface area contributed by atoms with Crippen molar-refractivity contribution in [2.24, 2.45) is 0 Å². The Labute approximate surface area is 114 Å². The Hall–Kier alpha value is -1.13. The Morgan fingerprint density at radius 1 is 1.42 bits per heavy atom. The molecule has 106 valence electrons. The predicted octanol–water partition coefficient (Wildman–Crippen LogP) is 2.80. The quantitative estimate of drug-likeness (QED) is 0.894. The topological polar surface area (TPSA) is 32.7 Å². The van der Waals surface area contributed by atoms with E-state index in [0.717, 1.165) is 18.8 Å². The lowest BCUT2D eigenvalue weighted by Gasteiger charge is -2.40. The minimum Gasteiger partial charge on any atom is -0.389 e. The highest BCUT2D eigenvalue weighted by Gasteiger charge is 2.29. The first-order valence-electron chi connectivity index (χ1n) is 6.67. The zero-order valence-electron chi connectivity index (χ0n) is 12.0. The Bertz CT molecular complexity index is 471. The van der Waals surface area contributed by atoms with Gasteiger partial charge in [0.05, 0.1) is 18.3 Å². The molecule has 4 heteroatoms. The molecule has 0 aliphatic carbocycles. The third kappa shape index (κ3) is 3.07. The number of hydrogen-bond acceptors (Lipinski definition) is 3. The number of benzene rings is 1. The second-order valence-electron chi connectivity index (χ2n) is 5.87. The smallest absolute Gasteiger partial charge is 0.126 e. The van der Waals surface area contributed by atoms with Crippen LogP contribution >= 0.6 is 0 Å². The first-order chi connectivity index (χ1) is 8.80. The van der Waals surface area contributed by atoms with Gasteiger partial charge < -0.3 is 14.7 Å². The van der Waals surface area contributed by atoms with Gasteiger partial charge in [0.25, 0.3) is 0 Å². The number of anilines is 1. The monoisotopic (exact) mass is 267 g/mol. The molecule has 0 radical (unpaired) electrons. The van der Waals surface area contributed by atoms with Crippen LogP contribution in [0.3, 0.4) is 0 Å². The fourth-order valence-electron chi connectivity index (χ4n) is 2.51. The minimum atomic E-state index is -0.684. The first-order valence-corrected chi connectivity index (χ1v) is 6.67. The van der Waals surface area contributed by atoms with Crippen molar-refractivity contribution in [3.63, 3.8) is 0 Å². The summed E-state index contributed by atoms with van der Waals surface area (Å²) in [6, 6.07) is 3.26. The number of ether oxygens (including phenoxy) is 1. The van der Waals surface area contributed by atoms with Gasteiger partial charge in [-0.3, -0.25) is 0 Å². The van der Waals surface area contributed by atoms with Crippen LogP contribution in [0.5, 0.6) is 0 Å². The number of aliphatic hydroxyl groups excluding tert-OH is 1. The van der Waals surface area contributed by atoms with Gasteiger partial charge in [0.2, 0.25) is 0 Å². The third-order valence-corrected chi connectivity index (χ3v) is 3.52. The number of aliphatic hydroxyl groups is 1. The molecule has 0 bridgehead atoms. The maximum atomic E-state index is 13.7. The highest BCUT2D eigenvalue weighted by atomic mass is 19.1. The molecule has 0 spiro atoms. The van der Waals surface area contributed by atoms with Crippen molar-refractivity contribution in [2.75, 3.05) is 24.6 Å². The number of nitrogens with zero attached hydrogens (tertiary/aromatic N) is 1. The van der Waals surface area contributed by atoms with Crippen molar-refractivity contribution in [3.05, 3.63) is 29.1 Å². The molecule has 0 aromatic heterocycles. The fraction of sp³-hybridized carbons (Fsp3) is 0.600. The van der Waals surface area contributed by atoms with E-state index in [1.807, 2.05) is 19.9 Å². The van der Waals surface area contributed by atoms with Crippen LogP contribution in [0.25, 0.3) is 0 Å². The van der Waals surface area contributed by atoms with Gasteiger partial charge in [-0.25, -0.2) is 4.39 Å². The molecule has 1 saturated heterocycles. The molecule has 3 nitrogen and oxygen atoms in total. The Morgan fingerprint density at radius 3 is 2.68 bits per heavy atom. The lowest BCUT2D eigenvalue weighted by Crippen LogP contribution is -2.48. The second-order valence-corrected chi connectivity index (χ2v) is 5.87. The summed E-state index contributed by atoms with van der Waals surface area (Å²) in [5.74, 6) is -0.271. The SMILES string of the molecule is Cc1cc(N2CCOC(C)(C)C2)c([C@H](C)O)cc1F. The average Bonchev–Trinajstić information content (AvgIpc) is 2.30. The molecule has 1 atom stereocenters. The Balaban J connectivity index is 2.40. The van der Waals surface area contributed by atoms with Crippen molar-refractivity contribution in [3.8, 4) is 0 Å². The van der Waals surface area contributed by atoms with Gasteiger partial charge in [0.15, 0.2) is 0 Å². The second kappa shape index (κ2) is 5.10. The predicted molar refractivity (Wildman–Crippen MR) is 74.0 cm³/mol. The fourth-order valence-corrected chi connectivity index (χ4v) is 2.51. The molecule has 19 heavy (non-hydrogen) atoms. The molecule has 1 aliphatic rings. The molecule has 1 aliphatic heterocycles. The number of rotatable bonds is 2. The van der Waals surface area contributed by atoms with E-state index in [1.165, 1.54) is 6.07 Å². The molecule has 2 rings (SSSR count). The molecule has 1 aromatic rings. The van der Waals surface area contributed by atoms with Gasteiger partial charge in [0.1, 0.15) is 5.82 Å². The summed E-state index contributed by atoms with van der Waals surface area (Å²) in [6.45, 7) is 9.62. The Kier molecular flexibility index (Phi) is 3.83. The van der Waals surface area contributed by atoms with Crippen molar-refractivity contribution in [2.45, 2.75) is 39.4 Å². The molecule has 1 N–H and O–H groups in total. The molecule has 0 amide bonds. The van der Waals surface area contributed by atoms with Crippen LogP contribution in [0.1, 0.15) is 38.0 Å². The molecular weight excluding hydrogens is 245 g/mol. The summed E-state index contributed by atoms with van der Waals surface area (Å²) in [4.78, 5) is 2.16. The largest absolute Gasteiger partial charge is 0.389 e. The van der Waals surface area contributed by atoms with E-state index < -0.39 is 6.10 Å². The molecule has 0 saturated carbocycles. The summed E-state index contributed by atoms with van der Waals surface area (Å²) in [5.41, 5.74) is 1.92. The summed E-state index contributed by atoms with van der Waals surface area (Å²) in [5, 5.41) is 9.86. The van der Waals surface area contributed by atoms with Gasteiger partial charge >= 0.3 is 0 Å². The molecule has 1 fully saturated rings. The average molecular weight is 267 g/mol.